The van der Waals surface area contributed by atoms with Crippen LogP contribution >= 0.6 is 23.2 Å². The first-order valence-electron chi connectivity index (χ1n) is 6.35. The lowest BCUT2D eigenvalue weighted by atomic mass is 10.1. The minimum Gasteiger partial charge on any atom is -0.386 e. The fourth-order valence-electron chi connectivity index (χ4n) is 1.89. The van der Waals surface area contributed by atoms with E-state index in [1.54, 1.807) is 36.7 Å². The molecular formula is C15H14Cl2N2O2. The van der Waals surface area contributed by atoms with Crippen LogP contribution in [0.4, 0.5) is 0 Å². The van der Waals surface area contributed by atoms with Crippen LogP contribution in [-0.4, -0.2) is 22.5 Å². The zero-order chi connectivity index (χ0) is 15.2. The maximum absolute atomic E-state index is 11.8. The van der Waals surface area contributed by atoms with Crippen LogP contribution in [0.2, 0.25) is 10.0 Å². The fourth-order valence-corrected chi connectivity index (χ4v) is 2.54. The number of aliphatic hydroxyl groups is 1. The molecule has 0 aliphatic carbocycles. The number of carbonyl (C=O) groups is 1. The van der Waals surface area contributed by atoms with E-state index in [0.717, 1.165) is 5.56 Å². The normalized spacial score (nSPS) is 12.0. The number of pyridine rings is 1. The third-order valence-corrected chi connectivity index (χ3v) is 3.57. The first kappa shape index (κ1) is 15.8. The Hall–Kier alpha value is -1.62. The van der Waals surface area contributed by atoms with Gasteiger partial charge in [0.1, 0.15) is 0 Å². The first-order chi connectivity index (χ1) is 10.1. The number of rotatable bonds is 5. The van der Waals surface area contributed by atoms with Gasteiger partial charge in [-0.15, -0.1) is 0 Å². The Morgan fingerprint density at radius 1 is 1.24 bits per heavy atom. The van der Waals surface area contributed by atoms with Gasteiger partial charge in [0.25, 0.3) is 0 Å². The van der Waals surface area contributed by atoms with Crippen molar-refractivity contribution in [1.82, 2.24) is 10.3 Å². The predicted molar refractivity (Wildman–Crippen MR) is 82.4 cm³/mol. The van der Waals surface area contributed by atoms with Crippen molar-refractivity contribution in [2.75, 3.05) is 6.54 Å². The molecule has 0 saturated carbocycles. The topological polar surface area (TPSA) is 62.2 Å². The van der Waals surface area contributed by atoms with Gasteiger partial charge < -0.3 is 10.4 Å². The van der Waals surface area contributed by atoms with E-state index in [2.05, 4.69) is 10.3 Å². The Bertz CT molecular complexity index is 600. The average Bonchev–Trinajstić information content (AvgIpc) is 2.46. The molecule has 1 atom stereocenters. The fraction of sp³-hybridized carbons (Fsp3) is 0.200. The molecule has 1 amide bonds. The van der Waals surface area contributed by atoms with Crippen LogP contribution < -0.4 is 5.32 Å². The van der Waals surface area contributed by atoms with E-state index < -0.39 is 6.10 Å². The van der Waals surface area contributed by atoms with Crippen molar-refractivity contribution in [1.29, 1.82) is 0 Å². The van der Waals surface area contributed by atoms with Crippen LogP contribution in [0.25, 0.3) is 0 Å². The van der Waals surface area contributed by atoms with Gasteiger partial charge in [0, 0.05) is 34.5 Å². The van der Waals surface area contributed by atoms with Crippen LogP contribution in [-0.2, 0) is 11.2 Å². The average molecular weight is 325 g/mol. The Labute approximate surface area is 132 Å². The smallest absolute Gasteiger partial charge is 0.224 e. The van der Waals surface area contributed by atoms with Crippen molar-refractivity contribution < 1.29 is 9.90 Å². The molecule has 2 aromatic rings. The molecule has 0 saturated heterocycles. The molecule has 1 aromatic heterocycles. The summed E-state index contributed by atoms with van der Waals surface area (Å²) in [6.45, 7) is 0.0442. The molecule has 0 aliphatic rings. The molecule has 0 spiro atoms. The van der Waals surface area contributed by atoms with E-state index >= 15 is 0 Å². The summed E-state index contributed by atoms with van der Waals surface area (Å²) in [7, 11) is 0. The molecule has 0 fully saturated rings. The molecule has 2 N–H and O–H groups in total. The number of nitrogens with one attached hydrogen (secondary N) is 1. The van der Waals surface area contributed by atoms with Crippen LogP contribution in [0.15, 0.2) is 42.7 Å². The number of aliphatic hydroxyl groups excluding tert-OH is 1. The van der Waals surface area contributed by atoms with Gasteiger partial charge in [-0.1, -0.05) is 35.3 Å². The third kappa shape index (κ3) is 4.43. The lowest BCUT2D eigenvalue weighted by Crippen LogP contribution is -2.29. The molecule has 4 nitrogen and oxygen atoms in total. The van der Waals surface area contributed by atoms with E-state index in [-0.39, 0.29) is 18.9 Å². The van der Waals surface area contributed by atoms with Crippen LogP contribution in [0, 0.1) is 0 Å². The summed E-state index contributed by atoms with van der Waals surface area (Å²) < 4.78 is 0. The summed E-state index contributed by atoms with van der Waals surface area (Å²) in [6, 6.07) is 8.56. The van der Waals surface area contributed by atoms with Crippen LogP contribution in [0.1, 0.15) is 17.2 Å². The molecule has 0 aliphatic heterocycles. The Morgan fingerprint density at radius 2 is 1.95 bits per heavy atom. The van der Waals surface area contributed by atoms with Gasteiger partial charge in [-0.05, 0) is 23.8 Å². The molecule has 110 valence electrons. The second-order valence-corrected chi connectivity index (χ2v) is 5.31. The van der Waals surface area contributed by atoms with Gasteiger partial charge in [-0.25, -0.2) is 0 Å². The largest absolute Gasteiger partial charge is 0.386 e. The van der Waals surface area contributed by atoms with Crippen LogP contribution in [0.3, 0.4) is 0 Å². The predicted octanol–water partition coefficient (Wildman–Crippen LogP) is 2.78. The lowest BCUT2D eigenvalue weighted by molar-refractivity contribution is -0.120. The SMILES string of the molecule is O=C(Cc1cccnc1)NCC(O)c1c(Cl)cccc1Cl. The number of amides is 1. The second kappa shape index (κ2) is 7.41. The zero-order valence-electron chi connectivity index (χ0n) is 11.1. The highest BCUT2D eigenvalue weighted by atomic mass is 35.5. The summed E-state index contributed by atoms with van der Waals surface area (Å²) in [4.78, 5) is 15.7. The standard InChI is InChI=1S/C15H14Cl2N2O2/c16-11-4-1-5-12(17)15(11)13(20)9-19-14(21)7-10-3-2-6-18-8-10/h1-6,8,13,20H,7,9H2,(H,19,21). The Morgan fingerprint density at radius 3 is 2.57 bits per heavy atom. The molecule has 0 radical (unpaired) electrons. The summed E-state index contributed by atoms with van der Waals surface area (Å²) in [6.07, 6.45) is 2.52. The minimum atomic E-state index is -0.955. The summed E-state index contributed by atoms with van der Waals surface area (Å²) >= 11 is 12.0. The monoisotopic (exact) mass is 324 g/mol. The molecule has 1 heterocycles. The van der Waals surface area contributed by atoms with Gasteiger partial charge in [-0.3, -0.25) is 9.78 Å². The van der Waals surface area contributed by atoms with Crippen molar-refractivity contribution in [2.45, 2.75) is 12.5 Å². The summed E-state index contributed by atoms with van der Waals surface area (Å²) in [5, 5.41) is 13.5. The quantitative estimate of drug-likeness (QED) is 0.889. The Kier molecular flexibility index (Phi) is 5.56. The van der Waals surface area contributed by atoms with Crippen molar-refractivity contribution in [3.63, 3.8) is 0 Å². The summed E-state index contributed by atoms with van der Waals surface area (Å²) in [5.41, 5.74) is 1.22. The van der Waals surface area contributed by atoms with Gasteiger partial charge >= 0.3 is 0 Å². The van der Waals surface area contributed by atoms with Crippen molar-refractivity contribution in [3.05, 3.63) is 63.9 Å². The molecule has 21 heavy (non-hydrogen) atoms. The number of hydrogen-bond donors (Lipinski definition) is 2. The number of halogens is 2. The molecule has 2 rings (SSSR count). The first-order valence-corrected chi connectivity index (χ1v) is 7.11. The van der Waals surface area contributed by atoms with Gasteiger partial charge in [0.15, 0.2) is 0 Å². The van der Waals surface area contributed by atoms with E-state index in [9.17, 15) is 9.90 Å². The molecule has 1 aromatic carbocycles. The minimum absolute atomic E-state index is 0.0442. The zero-order valence-corrected chi connectivity index (χ0v) is 12.6. The highest BCUT2D eigenvalue weighted by Gasteiger charge is 2.16. The van der Waals surface area contributed by atoms with E-state index in [4.69, 9.17) is 23.2 Å². The van der Waals surface area contributed by atoms with Crippen molar-refractivity contribution >= 4 is 29.1 Å². The highest BCUT2D eigenvalue weighted by molar-refractivity contribution is 6.36. The van der Waals surface area contributed by atoms with Crippen LogP contribution in [0.5, 0.6) is 0 Å². The number of benzene rings is 1. The van der Waals surface area contributed by atoms with E-state index in [1.807, 2.05) is 6.07 Å². The molecule has 0 bridgehead atoms. The molecular weight excluding hydrogens is 311 g/mol. The van der Waals surface area contributed by atoms with Gasteiger partial charge in [0.05, 0.1) is 12.5 Å². The van der Waals surface area contributed by atoms with Crippen molar-refractivity contribution in [2.24, 2.45) is 0 Å². The maximum atomic E-state index is 11.8. The number of carbonyl (C=O) groups excluding carboxylic acids is 1. The van der Waals surface area contributed by atoms with Gasteiger partial charge in [-0.2, -0.15) is 0 Å². The second-order valence-electron chi connectivity index (χ2n) is 4.49. The van der Waals surface area contributed by atoms with E-state index in [0.29, 0.717) is 15.6 Å². The third-order valence-electron chi connectivity index (χ3n) is 2.91. The Balaban J connectivity index is 1.92. The van der Waals surface area contributed by atoms with E-state index in [1.165, 1.54) is 0 Å². The number of hydrogen-bond acceptors (Lipinski definition) is 3. The molecule has 1 unspecified atom stereocenters. The van der Waals surface area contributed by atoms with Gasteiger partial charge in [0.2, 0.25) is 5.91 Å². The number of aromatic nitrogens is 1. The highest BCUT2D eigenvalue weighted by Crippen LogP contribution is 2.29. The summed E-state index contributed by atoms with van der Waals surface area (Å²) in [5.74, 6) is -0.203. The lowest BCUT2D eigenvalue weighted by Gasteiger charge is -2.15. The molecule has 6 heteroatoms. The maximum Gasteiger partial charge on any atom is 0.224 e. The number of nitrogens with zero attached hydrogens (tertiary/aromatic N) is 1. The van der Waals surface area contributed by atoms with Crippen molar-refractivity contribution in [3.8, 4) is 0 Å².